The zero-order chi connectivity index (χ0) is 13.9. The van der Waals surface area contributed by atoms with Crippen LogP contribution in [-0.4, -0.2) is 17.1 Å². The Morgan fingerprint density at radius 2 is 2.11 bits per heavy atom. The standard InChI is InChI=1S/C10H10F3IN2O2/c1-6(5-10(11,12)13)15-8-3-2-7(14)4-9(8)16(17)18/h2-4,6,15H,5H2,1H3. The van der Waals surface area contributed by atoms with Gasteiger partial charge in [0, 0.05) is 15.7 Å². The summed E-state index contributed by atoms with van der Waals surface area (Å²) in [6.07, 6.45) is -5.35. The molecule has 0 aromatic heterocycles. The third-order valence-electron chi connectivity index (χ3n) is 2.10. The molecule has 18 heavy (non-hydrogen) atoms. The summed E-state index contributed by atoms with van der Waals surface area (Å²) in [5, 5.41) is 13.3. The number of alkyl halides is 3. The van der Waals surface area contributed by atoms with E-state index in [1.165, 1.54) is 19.1 Å². The van der Waals surface area contributed by atoms with Crippen LogP contribution < -0.4 is 5.32 Å². The lowest BCUT2D eigenvalue weighted by molar-refractivity contribution is -0.384. The zero-order valence-corrected chi connectivity index (χ0v) is 11.4. The molecule has 0 aliphatic rings. The first-order valence-corrected chi connectivity index (χ1v) is 6.04. The quantitative estimate of drug-likeness (QED) is 0.493. The monoisotopic (exact) mass is 374 g/mol. The number of hydrogen-bond acceptors (Lipinski definition) is 3. The summed E-state index contributed by atoms with van der Waals surface area (Å²) in [6, 6.07) is 3.38. The van der Waals surface area contributed by atoms with E-state index in [1.54, 1.807) is 6.07 Å². The van der Waals surface area contributed by atoms with Crippen LogP contribution in [0.2, 0.25) is 0 Å². The Bertz CT molecular complexity index is 451. The molecule has 1 rings (SSSR count). The Balaban J connectivity index is 2.87. The molecule has 1 unspecified atom stereocenters. The van der Waals surface area contributed by atoms with Gasteiger partial charge in [0.15, 0.2) is 0 Å². The van der Waals surface area contributed by atoms with Crippen molar-refractivity contribution in [3.05, 3.63) is 31.9 Å². The lowest BCUT2D eigenvalue weighted by atomic mass is 10.2. The molecule has 0 fully saturated rings. The fourth-order valence-electron chi connectivity index (χ4n) is 1.44. The Morgan fingerprint density at radius 1 is 1.50 bits per heavy atom. The third-order valence-corrected chi connectivity index (χ3v) is 2.77. The molecule has 1 atom stereocenters. The van der Waals surface area contributed by atoms with Crippen molar-refractivity contribution >= 4 is 34.0 Å². The number of nitro groups is 1. The summed E-state index contributed by atoms with van der Waals surface area (Å²) in [6.45, 7) is 1.33. The van der Waals surface area contributed by atoms with E-state index in [9.17, 15) is 23.3 Å². The predicted molar refractivity (Wildman–Crippen MR) is 69.6 cm³/mol. The van der Waals surface area contributed by atoms with Gasteiger partial charge < -0.3 is 5.32 Å². The average molecular weight is 374 g/mol. The van der Waals surface area contributed by atoms with Crippen LogP contribution in [0.4, 0.5) is 24.5 Å². The van der Waals surface area contributed by atoms with Crippen LogP contribution in [0, 0.1) is 13.7 Å². The summed E-state index contributed by atoms with van der Waals surface area (Å²) < 4.78 is 37.1. The number of anilines is 1. The zero-order valence-electron chi connectivity index (χ0n) is 9.29. The van der Waals surface area contributed by atoms with E-state index in [0.29, 0.717) is 3.57 Å². The fraction of sp³-hybridized carbons (Fsp3) is 0.400. The lowest BCUT2D eigenvalue weighted by Crippen LogP contribution is -2.24. The van der Waals surface area contributed by atoms with E-state index in [4.69, 9.17) is 0 Å². The smallest absolute Gasteiger partial charge is 0.377 e. The molecule has 0 saturated carbocycles. The van der Waals surface area contributed by atoms with Gasteiger partial charge in [-0.15, -0.1) is 0 Å². The summed E-state index contributed by atoms with van der Waals surface area (Å²) in [5.74, 6) is 0. The van der Waals surface area contributed by atoms with Gasteiger partial charge in [-0.1, -0.05) is 0 Å². The molecule has 1 aromatic carbocycles. The second-order valence-electron chi connectivity index (χ2n) is 3.78. The Hall–Kier alpha value is -1.06. The molecular formula is C10H10F3IN2O2. The Kier molecular flexibility index (Phi) is 4.77. The number of benzene rings is 1. The maximum Gasteiger partial charge on any atom is 0.391 e. The van der Waals surface area contributed by atoms with E-state index < -0.39 is 23.6 Å². The topological polar surface area (TPSA) is 55.2 Å². The number of nitro benzene ring substituents is 1. The predicted octanol–water partition coefficient (Wildman–Crippen LogP) is 3.95. The molecule has 0 spiro atoms. The lowest BCUT2D eigenvalue weighted by Gasteiger charge is -2.17. The molecule has 0 aliphatic carbocycles. The fourth-order valence-corrected chi connectivity index (χ4v) is 1.92. The number of hydrogen-bond donors (Lipinski definition) is 1. The molecule has 100 valence electrons. The van der Waals surface area contributed by atoms with Gasteiger partial charge in [-0.25, -0.2) is 0 Å². The van der Waals surface area contributed by atoms with Gasteiger partial charge in [-0.2, -0.15) is 13.2 Å². The minimum Gasteiger partial charge on any atom is -0.377 e. The van der Waals surface area contributed by atoms with Gasteiger partial charge in [-0.3, -0.25) is 10.1 Å². The van der Waals surface area contributed by atoms with Crippen molar-refractivity contribution < 1.29 is 18.1 Å². The van der Waals surface area contributed by atoms with Crippen LogP contribution in [0.25, 0.3) is 0 Å². The van der Waals surface area contributed by atoms with E-state index in [0.717, 1.165) is 0 Å². The Labute approximate surface area is 115 Å². The van der Waals surface area contributed by atoms with Crippen LogP contribution in [0.5, 0.6) is 0 Å². The first-order valence-electron chi connectivity index (χ1n) is 4.96. The van der Waals surface area contributed by atoms with Crippen molar-refractivity contribution in [3.63, 3.8) is 0 Å². The number of nitrogens with one attached hydrogen (secondary N) is 1. The highest BCUT2D eigenvalue weighted by atomic mass is 127. The van der Waals surface area contributed by atoms with Crippen molar-refractivity contribution in [1.29, 1.82) is 0 Å². The summed E-state index contributed by atoms with van der Waals surface area (Å²) in [5.41, 5.74) is -0.131. The molecular weight excluding hydrogens is 364 g/mol. The van der Waals surface area contributed by atoms with Crippen LogP contribution in [-0.2, 0) is 0 Å². The molecule has 0 bridgehead atoms. The molecule has 1 aromatic rings. The summed E-state index contributed by atoms with van der Waals surface area (Å²) in [7, 11) is 0. The molecule has 8 heteroatoms. The number of rotatable bonds is 4. The van der Waals surface area contributed by atoms with Crippen LogP contribution in [0.15, 0.2) is 18.2 Å². The maximum absolute atomic E-state index is 12.2. The van der Waals surface area contributed by atoms with Crippen molar-refractivity contribution in [2.24, 2.45) is 0 Å². The van der Waals surface area contributed by atoms with Crippen LogP contribution in [0.3, 0.4) is 0 Å². The molecule has 0 heterocycles. The normalized spacial score (nSPS) is 13.2. The van der Waals surface area contributed by atoms with Crippen molar-refractivity contribution in [1.82, 2.24) is 0 Å². The van der Waals surface area contributed by atoms with E-state index in [2.05, 4.69) is 5.32 Å². The van der Waals surface area contributed by atoms with Gasteiger partial charge in [0.05, 0.1) is 11.3 Å². The molecule has 0 saturated heterocycles. The maximum atomic E-state index is 12.2. The molecule has 1 N–H and O–H groups in total. The van der Waals surface area contributed by atoms with E-state index >= 15 is 0 Å². The van der Waals surface area contributed by atoms with Gasteiger partial charge >= 0.3 is 6.18 Å². The van der Waals surface area contributed by atoms with Crippen LogP contribution >= 0.6 is 22.6 Å². The van der Waals surface area contributed by atoms with Gasteiger partial charge in [-0.05, 0) is 41.6 Å². The average Bonchev–Trinajstić information content (AvgIpc) is 2.17. The first kappa shape index (κ1) is 15.0. The van der Waals surface area contributed by atoms with E-state index in [1.807, 2.05) is 22.6 Å². The van der Waals surface area contributed by atoms with E-state index in [-0.39, 0.29) is 11.4 Å². The van der Waals surface area contributed by atoms with Gasteiger partial charge in [0.1, 0.15) is 5.69 Å². The van der Waals surface area contributed by atoms with Crippen molar-refractivity contribution in [3.8, 4) is 0 Å². The minimum absolute atomic E-state index is 0.0946. The second-order valence-corrected chi connectivity index (χ2v) is 5.03. The van der Waals surface area contributed by atoms with Crippen molar-refractivity contribution in [2.75, 3.05) is 5.32 Å². The SMILES string of the molecule is CC(CC(F)(F)F)Nc1ccc(I)cc1[N+](=O)[O-]. The molecule has 0 aliphatic heterocycles. The van der Waals surface area contributed by atoms with Gasteiger partial charge in [0.2, 0.25) is 0 Å². The summed E-state index contributed by atoms with van der Waals surface area (Å²) >= 11 is 1.90. The highest BCUT2D eigenvalue weighted by molar-refractivity contribution is 14.1. The largest absolute Gasteiger partial charge is 0.391 e. The Morgan fingerprint density at radius 3 is 2.61 bits per heavy atom. The first-order chi connectivity index (χ1) is 8.19. The summed E-state index contributed by atoms with van der Waals surface area (Å²) in [4.78, 5) is 10.2. The van der Waals surface area contributed by atoms with Crippen LogP contribution in [0.1, 0.15) is 13.3 Å². The highest BCUT2D eigenvalue weighted by Gasteiger charge is 2.30. The van der Waals surface area contributed by atoms with Gasteiger partial charge in [0.25, 0.3) is 5.69 Å². The molecule has 0 radical (unpaired) electrons. The molecule has 0 amide bonds. The molecule has 4 nitrogen and oxygen atoms in total. The minimum atomic E-state index is -4.30. The van der Waals surface area contributed by atoms with Crippen molar-refractivity contribution in [2.45, 2.75) is 25.6 Å². The number of nitrogens with zero attached hydrogens (tertiary/aromatic N) is 1. The third kappa shape index (κ3) is 4.67. The second kappa shape index (κ2) is 5.72. The number of halogens is 4. The highest BCUT2D eigenvalue weighted by Crippen LogP contribution is 2.29.